The molecule has 0 unspecified atom stereocenters. The Morgan fingerprint density at radius 3 is 2.36 bits per heavy atom. The maximum atomic E-state index is 13.5. The number of aromatic hydroxyl groups is 1. The fraction of sp³-hybridized carbons (Fsp3) is 0.250. The molecule has 0 bridgehead atoms. The van der Waals surface area contributed by atoms with Gasteiger partial charge in [0, 0.05) is 30.2 Å². The Labute approximate surface area is 254 Å². The average molecular weight is 622 g/mol. The molecule has 0 saturated carbocycles. The van der Waals surface area contributed by atoms with Crippen LogP contribution < -0.4 is 13.8 Å². The number of rotatable bonds is 11. The van der Waals surface area contributed by atoms with Crippen LogP contribution in [-0.2, 0) is 39.1 Å². The van der Waals surface area contributed by atoms with Crippen LogP contribution in [0.5, 0.6) is 17.4 Å². The van der Waals surface area contributed by atoms with Crippen LogP contribution in [0, 0.1) is 5.82 Å². The summed E-state index contributed by atoms with van der Waals surface area (Å²) in [5, 5.41) is 12.4. The minimum absolute atomic E-state index is 0.0942. The summed E-state index contributed by atoms with van der Waals surface area (Å²) in [6, 6.07) is 15.2. The molecule has 0 spiro atoms. The zero-order valence-corrected chi connectivity index (χ0v) is 25.5. The molecule has 0 fully saturated rings. The van der Waals surface area contributed by atoms with E-state index >= 15 is 0 Å². The van der Waals surface area contributed by atoms with Crippen molar-refractivity contribution >= 4 is 43.4 Å². The molecule has 12 heteroatoms. The smallest absolute Gasteiger partial charge is 0.326 e. The molecule has 5 aromatic rings. The maximum Gasteiger partial charge on any atom is 0.326 e. The molecule has 0 radical (unpaired) electrons. The standard InChI is InChI=1S/C32H32FN3O7S/c1-5-42-27(37)18-36-17-26-28(32(36)38)31(43-19-21-8-12-24(41-3)13-9-21)29-25(30(26)35(2)44(4,39)40)15-22(16-34-29)14-20-6-10-23(33)11-7-20/h6-13,15-17,38H,5,14,18-19H2,1-4H3. The van der Waals surface area contributed by atoms with Gasteiger partial charge in [-0.05, 0) is 60.4 Å². The first-order valence-corrected chi connectivity index (χ1v) is 15.6. The van der Waals surface area contributed by atoms with E-state index in [0.717, 1.165) is 27.3 Å². The van der Waals surface area contributed by atoms with Gasteiger partial charge in [-0.3, -0.25) is 14.1 Å². The van der Waals surface area contributed by atoms with Crippen LogP contribution in [0.3, 0.4) is 0 Å². The van der Waals surface area contributed by atoms with Gasteiger partial charge in [0.2, 0.25) is 15.9 Å². The molecule has 10 nitrogen and oxygen atoms in total. The van der Waals surface area contributed by atoms with Gasteiger partial charge in [0.1, 0.15) is 30.2 Å². The highest BCUT2D eigenvalue weighted by molar-refractivity contribution is 7.92. The lowest BCUT2D eigenvalue weighted by atomic mass is 10.0. The van der Waals surface area contributed by atoms with E-state index < -0.39 is 16.0 Å². The number of nitrogens with zero attached hydrogens (tertiary/aromatic N) is 3. The highest BCUT2D eigenvalue weighted by Gasteiger charge is 2.28. The number of esters is 1. The molecule has 0 aliphatic heterocycles. The summed E-state index contributed by atoms with van der Waals surface area (Å²) in [6.45, 7) is 1.62. The van der Waals surface area contributed by atoms with E-state index in [4.69, 9.17) is 19.2 Å². The molecule has 0 atom stereocenters. The maximum absolute atomic E-state index is 13.5. The van der Waals surface area contributed by atoms with Crippen molar-refractivity contribution in [3.63, 3.8) is 0 Å². The second-order valence-electron chi connectivity index (χ2n) is 10.3. The van der Waals surface area contributed by atoms with Crippen LogP contribution in [0.15, 0.2) is 67.0 Å². The summed E-state index contributed by atoms with van der Waals surface area (Å²) >= 11 is 0. The Morgan fingerprint density at radius 2 is 1.73 bits per heavy atom. The number of hydrogen-bond donors (Lipinski definition) is 1. The molecular weight excluding hydrogens is 589 g/mol. The molecule has 44 heavy (non-hydrogen) atoms. The number of carbonyl (C=O) groups excluding carboxylic acids is 1. The molecule has 3 aromatic carbocycles. The number of carbonyl (C=O) groups is 1. The summed E-state index contributed by atoms with van der Waals surface area (Å²) in [5.74, 6) is -0.342. The molecule has 2 heterocycles. The molecule has 0 saturated heterocycles. The summed E-state index contributed by atoms with van der Waals surface area (Å²) in [4.78, 5) is 17.1. The molecule has 0 aliphatic carbocycles. The Bertz CT molecular complexity index is 1940. The summed E-state index contributed by atoms with van der Waals surface area (Å²) in [5.41, 5.74) is 2.94. The predicted octanol–water partition coefficient (Wildman–Crippen LogP) is 5.17. The van der Waals surface area contributed by atoms with Gasteiger partial charge in [-0.15, -0.1) is 0 Å². The highest BCUT2D eigenvalue weighted by atomic mass is 32.2. The molecule has 230 valence electrons. The van der Waals surface area contributed by atoms with Gasteiger partial charge in [-0.1, -0.05) is 24.3 Å². The van der Waals surface area contributed by atoms with Crippen molar-refractivity contribution in [2.24, 2.45) is 0 Å². The van der Waals surface area contributed by atoms with E-state index in [2.05, 4.69) is 0 Å². The van der Waals surface area contributed by atoms with Crippen LogP contribution in [0.4, 0.5) is 10.1 Å². The number of hydrogen-bond acceptors (Lipinski definition) is 8. The molecule has 5 rings (SSSR count). The van der Waals surface area contributed by atoms with Gasteiger partial charge in [0.15, 0.2) is 5.75 Å². The molecule has 2 aromatic heterocycles. The van der Waals surface area contributed by atoms with Crippen LogP contribution in [0.2, 0.25) is 0 Å². The van der Waals surface area contributed by atoms with Crippen LogP contribution in [-0.4, -0.2) is 56.1 Å². The number of aromatic nitrogens is 2. The first-order valence-electron chi connectivity index (χ1n) is 13.8. The number of pyridine rings is 1. The van der Waals surface area contributed by atoms with Crippen molar-refractivity contribution in [2.75, 3.05) is 31.3 Å². The third kappa shape index (κ3) is 6.25. The van der Waals surface area contributed by atoms with Crippen LogP contribution >= 0.6 is 0 Å². The van der Waals surface area contributed by atoms with Crippen LogP contribution in [0.1, 0.15) is 23.6 Å². The van der Waals surface area contributed by atoms with Gasteiger partial charge < -0.3 is 23.9 Å². The number of sulfonamides is 1. The minimum atomic E-state index is -3.80. The van der Waals surface area contributed by atoms with Crippen molar-refractivity contribution in [2.45, 2.75) is 26.5 Å². The van der Waals surface area contributed by atoms with Crippen molar-refractivity contribution in [1.29, 1.82) is 0 Å². The summed E-state index contributed by atoms with van der Waals surface area (Å²) < 4.78 is 58.4. The fourth-order valence-electron chi connectivity index (χ4n) is 5.01. The van der Waals surface area contributed by atoms with Crippen LogP contribution in [0.25, 0.3) is 21.7 Å². The molecule has 0 amide bonds. The Balaban J connectivity index is 1.75. The quantitative estimate of drug-likeness (QED) is 0.201. The predicted molar refractivity (Wildman–Crippen MR) is 165 cm³/mol. The lowest BCUT2D eigenvalue weighted by molar-refractivity contribution is -0.143. The number of methoxy groups -OCH3 is 1. The lowest BCUT2D eigenvalue weighted by Crippen LogP contribution is -2.25. The van der Waals surface area contributed by atoms with Crippen molar-refractivity contribution in [1.82, 2.24) is 9.55 Å². The second-order valence-corrected chi connectivity index (χ2v) is 12.3. The SMILES string of the molecule is CCOC(=O)Cn1cc2c(N(C)S(C)(=O)=O)c3cc(Cc4ccc(F)cc4)cnc3c(OCc3ccc(OC)cc3)c2c1O. The fourth-order valence-corrected chi connectivity index (χ4v) is 5.53. The van der Waals surface area contributed by atoms with E-state index in [9.17, 15) is 22.7 Å². The van der Waals surface area contributed by atoms with E-state index in [1.165, 1.54) is 29.9 Å². The zero-order chi connectivity index (χ0) is 31.6. The van der Waals surface area contributed by atoms with Gasteiger partial charge in [-0.2, -0.15) is 0 Å². The number of fused-ring (bicyclic) bond motifs is 2. The second kappa shape index (κ2) is 12.4. The Hall–Kier alpha value is -4.84. The number of ether oxygens (including phenoxy) is 3. The van der Waals surface area contributed by atoms with Gasteiger partial charge in [-0.25, -0.2) is 12.8 Å². The topological polar surface area (TPSA) is 120 Å². The van der Waals surface area contributed by atoms with Crippen molar-refractivity contribution in [3.05, 3.63) is 89.5 Å². The highest BCUT2D eigenvalue weighted by Crippen LogP contribution is 2.47. The molecule has 0 aliphatic rings. The molecular formula is C32H32FN3O7S. The Morgan fingerprint density at radius 1 is 1.05 bits per heavy atom. The number of anilines is 1. The zero-order valence-electron chi connectivity index (χ0n) is 24.7. The van der Waals surface area contributed by atoms with Gasteiger partial charge in [0.25, 0.3) is 0 Å². The summed E-state index contributed by atoms with van der Waals surface area (Å²) in [6.07, 6.45) is 4.62. The van der Waals surface area contributed by atoms with E-state index in [1.807, 2.05) is 18.2 Å². The van der Waals surface area contributed by atoms with Crippen molar-refractivity contribution in [3.8, 4) is 17.4 Å². The van der Waals surface area contributed by atoms with E-state index in [-0.39, 0.29) is 48.3 Å². The minimum Gasteiger partial charge on any atom is -0.497 e. The van der Waals surface area contributed by atoms with Gasteiger partial charge in [0.05, 0.1) is 31.0 Å². The Kier molecular flexibility index (Phi) is 8.63. The number of halogens is 1. The third-order valence-corrected chi connectivity index (χ3v) is 8.41. The van der Waals surface area contributed by atoms with E-state index in [1.54, 1.807) is 44.5 Å². The first kappa shape index (κ1) is 30.6. The lowest BCUT2D eigenvalue weighted by Gasteiger charge is -2.22. The van der Waals surface area contributed by atoms with E-state index in [0.29, 0.717) is 28.5 Å². The third-order valence-electron chi connectivity index (χ3n) is 7.23. The first-order chi connectivity index (χ1) is 21.0. The molecule has 1 N–H and O–H groups in total. The number of benzene rings is 3. The monoisotopic (exact) mass is 621 g/mol. The van der Waals surface area contributed by atoms with Crippen molar-refractivity contribution < 1.29 is 36.9 Å². The average Bonchev–Trinajstić information content (AvgIpc) is 3.30. The summed E-state index contributed by atoms with van der Waals surface area (Å²) in [7, 11) is -0.813. The largest absolute Gasteiger partial charge is 0.497 e. The normalized spacial score (nSPS) is 11.6. The van der Waals surface area contributed by atoms with Gasteiger partial charge >= 0.3 is 5.97 Å².